The molecule has 0 radical (unpaired) electrons. The number of benzene rings is 1. The number of hydrogen-bond acceptors (Lipinski definition) is 2. The van der Waals surface area contributed by atoms with Crippen molar-refractivity contribution < 1.29 is 4.39 Å². The molecule has 0 saturated heterocycles. The van der Waals surface area contributed by atoms with Gasteiger partial charge in [0.05, 0.1) is 0 Å². The van der Waals surface area contributed by atoms with E-state index in [-0.39, 0.29) is 11.9 Å². The van der Waals surface area contributed by atoms with Crippen LogP contribution in [0.1, 0.15) is 24.1 Å². The molecule has 1 unspecified atom stereocenters. The van der Waals surface area contributed by atoms with Gasteiger partial charge in [-0.2, -0.15) is 0 Å². The average molecular weight is 265 g/mol. The van der Waals surface area contributed by atoms with Gasteiger partial charge < -0.3 is 5.32 Å². The fourth-order valence-electron chi connectivity index (χ4n) is 1.71. The van der Waals surface area contributed by atoms with Crippen LogP contribution < -0.4 is 5.32 Å². The summed E-state index contributed by atoms with van der Waals surface area (Å²) in [4.78, 5) is 3.97. The quantitative estimate of drug-likeness (QED) is 0.910. The Morgan fingerprint density at radius 3 is 2.72 bits per heavy atom. The number of pyridine rings is 1. The number of rotatable bonds is 4. The summed E-state index contributed by atoms with van der Waals surface area (Å²) in [7, 11) is 0. The van der Waals surface area contributed by atoms with Gasteiger partial charge in [-0.1, -0.05) is 11.6 Å². The third kappa shape index (κ3) is 3.28. The van der Waals surface area contributed by atoms with E-state index in [1.54, 1.807) is 24.5 Å². The van der Waals surface area contributed by atoms with Crippen molar-refractivity contribution in [3.8, 4) is 0 Å². The van der Waals surface area contributed by atoms with Gasteiger partial charge in [0.2, 0.25) is 0 Å². The molecule has 0 aliphatic heterocycles. The van der Waals surface area contributed by atoms with Crippen molar-refractivity contribution in [2.45, 2.75) is 19.5 Å². The van der Waals surface area contributed by atoms with Gasteiger partial charge in [-0.05, 0) is 42.8 Å². The Labute approximate surface area is 111 Å². The summed E-state index contributed by atoms with van der Waals surface area (Å²) in [5.41, 5.74) is 1.69. The summed E-state index contributed by atoms with van der Waals surface area (Å²) in [6, 6.07) is 8.58. The van der Waals surface area contributed by atoms with Gasteiger partial charge >= 0.3 is 0 Å². The fourth-order valence-corrected chi connectivity index (χ4v) is 1.91. The molecule has 1 aromatic heterocycles. The Morgan fingerprint density at radius 2 is 2.00 bits per heavy atom. The van der Waals surface area contributed by atoms with E-state index in [0.717, 1.165) is 5.56 Å². The minimum absolute atomic E-state index is 0.131. The van der Waals surface area contributed by atoms with E-state index in [4.69, 9.17) is 11.6 Å². The SMILES string of the molecule is CC(NCc1cc(Cl)ccc1F)c1ccncc1. The largest absolute Gasteiger partial charge is 0.306 e. The monoisotopic (exact) mass is 264 g/mol. The molecular weight excluding hydrogens is 251 g/mol. The molecule has 0 aliphatic carbocycles. The maximum atomic E-state index is 13.5. The molecule has 0 amide bonds. The first kappa shape index (κ1) is 13.0. The molecule has 0 saturated carbocycles. The van der Waals surface area contributed by atoms with Gasteiger partial charge in [0.1, 0.15) is 5.82 Å². The van der Waals surface area contributed by atoms with Crippen molar-refractivity contribution in [3.63, 3.8) is 0 Å². The Bertz CT molecular complexity index is 516. The third-order valence-electron chi connectivity index (χ3n) is 2.81. The van der Waals surface area contributed by atoms with Crippen LogP contribution in [0, 0.1) is 5.82 Å². The first-order valence-corrected chi connectivity index (χ1v) is 6.12. The first-order valence-electron chi connectivity index (χ1n) is 5.74. The molecule has 1 N–H and O–H groups in total. The number of halogens is 2. The molecule has 1 atom stereocenters. The smallest absolute Gasteiger partial charge is 0.127 e. The molecule has 0 fully saturated rings. The molecule has 0 aliphatic rings. The van der Waals surface area contributed by atoms with Crippen LogP contribution in [0.5, 0.6) is 0 Å². The predicted molar refractivity (Wildman–Crippen MR) is 70.9 cm³/mol. The van der Waals surface area contributed by atoms with Crippen LogP contribution in [-0.4, -0.2) is 4.98 Å². The van der Waals surface area contributed by atoms with E-state index in [9.17, 15) is 4.39 Å². The van der Waals surface area contributed by atoms with Crippen LogP contribution in [0.4, 0.5) is 4.39 Å². The Kier molecular flexibility index (Phi) is 4.28. The number of nitrogens with zero attached hydrogens (tertiary/aromatic N) is 1. The molecule has 0 bridgehead atoms. The highest BCUT2D eigenvalue weighted by Crippen LogP contribution is 2.16. The summed E-state index contributed by atoms with van der Waals surface area (Å²) in [6.45, 7) is 2.47. The van der Waals surface area contributed by atoms with Gasteiger partial charge in [0, 0.05) is 35.6 Å². The van der Waals surface area contributed by atoms with Gasteiger partial charge in [-0.15, -0.1) is 0 Å². The highest BCUT2D eigenvalue weighted by atomic mass is 35.5. The van der Waals surface area contributed by atoms with Crippen molar-refractivity contribution in [1.29, 1.82) is 0 Å². The zero-order chi connectivity index (χ0) is 13.0. The normalized spacial score (nSPS) is 12.4. The summed E-state index contributed by atoms with van der Waals surface area (Å²) in [5, 5.41) is 3.80. The predicted octanol–water partition coefficient (Wildman–Crippen LogP) is 3.72. The van der Waals surface area contributed by atoms with Crippen molar-refractivity contribution in [1.82, 2.24) is 10.3 Å². The summed E-state index contributed by atoms with van der Waals surface area (Å²) >= 11 is 5.85. The minimum atomic E-state index is -0.242. The Hall–Kier alpha value is -1.45. The van der Waals surface area contributed by atoms with Gasteiger partial charge in [-0.3, -0.25) is 4.98 Å². The third-order valence-corrected chi connectivity index (χ3v) is 3.05. The van der Waals surface area contributed by atoms with Crippen molar-refractivity contribution in [2.24, 2.45) is 0 Å². The maximum absolute atomic E-state index is 13.5. The average Bonchev–Trinajstić information content (AvgIpc) is 2.40. The number of hydrogen-bond donors (Lipinski definition) is 1. The van der Waals surface area contributed by atoms with E-state index in [1.807, 2.05) is 19.1 Å². The molecule has 18 heavy (non-hydrogen) atoms. The lowest BCUT2D eigenvalue weighted by molar-refractivity contribution is 0.544. The van der Waals surface area contributed by atoms with E-state index in [1.165, 1.54) is 6.07 Å². The van der Waals surface area contributed by atoms with E-state index >= 15 is 0 Å². The standard InChI is InChI=1S/C14H14ClFN2/c1-10(11-4-6-17-7-5-11)18-9-12-8-13(15)2-3-14(12)16/h2-8,10,18H,9H2,1H3. The minimum Gasteiger partial charge on any atom is -0.306 e. The van der Waals surface area contributed by atoms with Crippen molar-refractivity contribution in [2.75, 3.05) is 0 Å². The molecule has 1 heterocycles. The lowest BCUT2D eigenvalue weighted by Crippen LogP contribution is -2.18. The van der Waals surface area contributed by atoms with Crippen LogP contribution in [0.3, 0.4) is 0 Å². The van der Waals surface area contributed by atoms with E-state index in [0.29, 0.717) is 17.1 Å². The lowest BCUT2D eigenvalue weighted by atomic mass is 10.1. The maximum Gasteiger partial charge on any atom is 0.127 e. The Morgan fingerprint density at radius 1 is 1.28 bits per heavy atom. The van der Waals surface area contributed by atoms with E-state index in [2.05, 4.69) is 10.3 Å². The molecule has 2 nitrogen and oxygen atoms in total. The van der Waals surface area contributed by atoms with Gasteiger partial charge in [0.25, 0.3) is 0 Å². The topological polar surface area (TPSA) is 24.9 Å². The zero-order valence-electron chi connectivity index (χ0n) is 10.0. The molecule has 1 aromatic carbocycles. The van der Waals surface area contributed by atoms with Crippen LogP contribution in [0.2, 0.25) is 5.02 Å². The summed E-state index contributed by atoms with van der Waals surface area (Å²) in [5.74, 6) is -0.242. The lowest BCUT2D eigenvalue weighted by Gasteiger charge is -2.14. The second-order valence-corrected chi connectivity index (χ2v) is 4.56. The van der Waals surface area contributed by atoms with Gasteiger partial charge in [-0.25, -0.2) is 4.39 Å². The first-order chi connectivity index (χ1) is 8.66. The zero-order valence-corrected chi connectivity index (χ0v) is 10.8. The molecule has 2 rings (SSSR count). The van der Waals surface area contributed by atoms with Crippen LogP contribution >= 0.6 is 11.6 Å². The van der Waals surface area contributed by atoms with Crippen LogP contribution in [0.25, 0.3) is 0 Å². The summed E-state index contributed by atoms with van der Waals surface area (Å²) in [6.07, 6.45) is 3.49. The van der Waals surface area contributed by atoms with Crippen LogP contribution in [0.15, 0.2) is 42.7 Å². The van der Waals surface area contributed by atoms with Gasteiger partial charge in [0.15, 0.2) is 0 Å². The Balaban J connectivity index is 2.01. The highest BCUT2D eigenvalue weighted by molar-refractivity contribution is 6.30. The number of aromatic nitrogens is 1. The van der Waals surface area contributed by atoms with Crippen molar-refractivity contribution >= 4 is 11.6 Å². The van der Waals surface area contributed by atoms with E-state index < -0.39 is 0 Å². The molecule has 2 aromatic rings. The summed E-state index contributed by atoms with van der Waals surface area (Å²) < 4.78 is 13.5. The molecule has 4 heteroatoms. The second-order valence-electron chi connectivity index (χ2n) is 4.12. The highest BCUT2D eigenvalue weighted by Gasteiger charge is 2.07. The second kappa shape index (κ2) is 5.94. The molecule has 94 valence electrons. The molecule has 0 spiro atoms. The fraction of sp³-hybridized carbons (Fsp3) is 0.214. The van der Waals surface area contributed by atoms with Crippen molar-refractivity contribution in [3.05, 3.63) is 64.7 Å². The molecular formula is C14H14ClFN2. The number of nitrogens with one attached hydrogen (secondary N) is 1. The van der Waals surface area contributed by atoms with Crippen LogP contribution in [-0.2, 0) is 6.54 Å².